The first-order valence-corrected chi connectivity index (χ1v) is 12.5. The number of sulfonamides is 1. The Morgan fingerprint density at radius 1 is 1.16 bits per heavy atom. The first-order valence-electron chi connectivity index (χ1n) is 11.0. The molecule has 0 bridgehead atoms. The van der Waals surface area contributed by atoms with Gasteiger partial charge >= 0.3 is 6.18 Å². The summed E-state index contributed by atoms with van der Waals surface area (Å²) in [6, 6.07) is 9.36. The lowest BCUT2D eigenvalue weighted by atomic mass is 10.0. The van der Waals surface area contributed by atoms with Crippen LogP contribution < -0.4 is 9.47 Å². The van der Waals surface area contributed by atoms with Gasteiger partial charge in [0.2, 0.25) is 10.0 Å². The number of halogens is 3. The third-order valence-electron chi connectivity index (χ3n) is 5.65. The van der Waals surface area contributed by atoms with Gasteiger partial charge in [0.25, 0.3) is 0 Å². The van der Waals surface area contributed by atoms with E-state index in [0.29, 0.717) is 18.2 Å². The maximum atomic E-state index is 13.3. The molecule has 2 N–H and O–H groups in total. The van der Waals surface area contributed by atoms with Crippen molar-refractivity contribution in [2.45, 2.75) is 36.6 Å². The van der Waals surface area contributed by atoms with Crippen LogP contribution in [0.15, 0.2) is 41.3 Å². The highest BCUT2D eigenvalue weighted by Gasteiger charge is 2.51. The molecule has 0 saturated carbocycles. The van der Waals surface area contributed by atoms with Gasteiger partial charge in [0.1, 0.15) is 17.8 Å². The van der Waals surface area contributed by atoms with Crippen molar-refractivity contribution >= 4 is 10.0 Å². The SMILES string of the molecule is CC(C)COc1cc(C#N)ccc1OC1CN(S(=O)(=O)c2ccc(C(F)(F)F)cc2C#N)C[C@@]1(O)CO. The summed E-state index contributed by atoms with van der Waals surface area (Å²) in [4.78, 5) is -0.678. The minimum absolute atomic E-state index is 0.0861. The van der Waals surface area contributed by atoms with Crippen LogP contribution in [0.2, 0.25) is 0 Å². The van der Waals surface area contributed by atoms with Crippen molar-refractivity contribution in [1.82, 2.24) is 4.31 Å². The number of nitriles is 2. The Labute approximate surface area is 211 Å². The summed E-state index contributed by atoms with van der Waals surface area (Å²) in [6.45, 7) is 2.02. The summed E-state index contributed by atoms with van der Waals surface area (Å²) in [5, 5.41) is 39.4. The van der Waals surface area contributed by atoms with E-state index in [2.05, 4.69) is 0 Å². The molecule has 1 saturated heterocycles. The second-order valence-electron chi connectivity index (χ2n) is 8.96. The fourth-order valence-electron chi connectivity index (χ4n) is 3.66. The van der Waals surface area contributed by atoms with Crippen molar-refractivity contribution in [3.05, 3.63) is 53.1 Å². The third-order valence-corrected chi connectivity index (χ3v) is 7.52. The smallest absolute Gasteiger partial charge is 0.416 e. The molecule has 2 atom stereocenters. The molecule has 0 radical (unpaired) electrons. The largest absolute Gasteiger partial charge is 0.489 e. The third kappa shape index (κ3) is 5.97. The Hall–Kier alpha value is -3.36. The Bertz CT molecular complexity index is 1350. The maximum absolute atomic E-state index is 13.3. The zero-order chi connectivity index (χ0) is 27.6. The number of aliphatic hydroxyl groups excluding tert-OH is 1. The lowest BCUT2D eigenvalue weighted by molar-refractivity contribution is -0.137. The molecule has 1 unspecified atom stereocenters. The summed E-state index contributed by atoms with van der Waals surface area (Å²) in [7, 11) is -4.57. The summed E-state index contributed by atoms with van der Waals surface area (Å²) < 4.78 is 78.0. The van der Waals surface area contributed by atoms with E-state index in [1.54, 1.807) is 0 Å². The van der Waals surface area contributed by atoms with Gasteiger partial charge in [0, 0.05) is 12.6 Å². The average molecular weight is 540 g/mol. The Morgan fingerprint density at radius 2 is 1.86 bits per heavy atom. The van der Waals surface area contributed by atoms with Crippen molar-refractivity contribution < 1.29 is 41.3 Å². The molecule has 37 heavy (non-hydrogen) atoms. The number of aliphatic hydroxyl groups is 2. The molecule has 1 aliphatic rings. The number of hydrogen-bond donors (Lipinski definition) is 2. The molecular weight excluding hydrogens is 515 g/mol. The number of ether oxygens (including phenoxy) is 2. The highest BCUT2D eigenvalue weighted by molar-refractivity contribution is 7.89. The van der Waals surface area contributed by atoms with E-state index in [1.165, 1.54) is 24.3 Å². The second-order valence-corrected chi connectivity index (χ2v) is 10.9. The number of hydrogen-bond acceptors (Lipinski definition) is 8. The van der Waals surface area contributed by atoms with Crippen LogP contribution in [-0.2, 0) is 16.2 Å². The summed E-state index contributed by atoms with van der Waals surface area (Å²) in [5.41, 5.74) is -3.73. The van der Waals surface area contributed by atoms with Crippen LogP contribution in [0.1, 0.15) is 30.5 Å². The molecule has 1 aliphatic heterocycles. The molecule has 2 aromatic rings. The van der Waals surface area contributed by atoms with Crippen molar-refractivity contribution in [2.24, 2.45) is 5.92 Å². The van der Waals surface area contributed by atoms with E-state index in [9.17, 15) is 42.3 Å². The van der Waals surface area contributed by atoms with Gasteiger partial charge in [-0.25, -0.2) is 8.42 Å². The minimum Gasteiger partial charge on any atom is -0.489 e. The van der Waals surface area contributed by atoms with Gasteiger partial charge in [-0.2, -0.15) is 28.0 Å². The predicted octanol–water partition coefficient (Wildman–Crippen LogP) is 2.66. The number of β-amino-alcohol motifs (C(OH)–C–C–N with tert-alkyl or cyclic N) is 1. The highest BCUT2D eigenvalue weighted by Crippen LogP contribution is 2.37. The second kappa shape index (κ2) is 10.6. The van der Waals surface area contributed by atoms with Crippen LogP contribution in [0, 0.1) is 28.6 Å². The highest BCUT2D eigenvalue weighted by atomic mass is 32.2. The van der Waals surface area contributed by atoms with Crippen molar-refractivity contribution in [3.8, 4) is 23.6 Å². The molecule has 3 rings (SSSR count). The molecule has 0 aliphatic carbocycles. The van der Waals surface area contributed by atoms with Crippen LogP contribution in [0.5, 0.6) is 11.5 Å². The van der Waals surface area contributed by atoms with Gasteiger partial charge in [-0.05, 0) is 36.2 Å². The monoisotopic (exact) mass is 539 g/mol. The van der Waals surface area contributed by atoms with Crippen LogP contribution in [0.25, 0.3) is 0 Å². The van der Waals surface area contributed by atoms with E-state index < -0.39 is 63.6 Å². The molecule has 0 aromatic heterocycles. The molecule has 0 amide bonds. The number of nitrogens with zero attached hydrogens (tertiary/aromatic N) is 3. The lowest BCUT2D eigenvalue weighted by Crippen LogP contribution is -2.48. The van der Waals surface area contributed by atoms with Crippen LogP contribution in [-0.4, -0.2) is 60.9 Å². The van der Waals surface area contributed by atoms with Gasteiger partial charge in [-0.3, -0.25) is 0 Å². The first kappa shape index (κ1) is 28.2. The standard InChI is InChI=1S/C24H24F3N3O6S/c1-15(2)12-35-20-7-16(9-28)3-5-19(20)36-22-11-30(13-23(22,32)14-31)37(33,34)21-6-4-18(24(25,26)27)8-17(21)10-29/h3-8,15,22,31-32H,11-14H2,1-2H3/t22?,23-/m1/s1. The van der Waals surface area contributed by atoms with Crippen LogP contribution in [0.4, 0.5) is 13.2 Å². The molecular formula is C24H24F3N3O6S. The molecule has 1 heterocycles. The normalized spacial score (nSPS) is 20.4. The number of benzene rings is 2. The number of alkyl halides is 3. The van der Waals surface area contributed by atoms with Crippen LogP contribution in [0.3, 0.4) is 0 Å². The summed E-state index contributed by atoms with van der Waals surface area (Å²) in [6.07, 6.45) is -6.10. The van der Waals surface area contributed by atoms with E-state index in [1.807, 2.05) is 19.9 Å². The molecule has 1 fully saturated rings. The molecule has 2 aromatic carbocycles. The number of rotatable bonds is 8. The topological polar surface area (TPSA) is 144 Å². The van der Waals surface area contributed by atoms with Crippen molar-refractivity contribution in [3.63, 3.8) is 0 Å². The molecule has 198 valence electrons. The predicted molar refractivity (Wildman–Crippen MR) is 123 cm³/mol. The average Bonchev–Trinajstić information content (AvgIpc) is 3.19. The molecule has 9 nitrogen and oxygen atoms in total. The van der Waals surface area contributed by atoms with Gasteiger partial charge in [-0.1, -0.05) is 13.8 Å². The quantitative estimate of drug-likeness (QED) is 0.521. The minimum atomic E-state index is -4.78. The maximum Gasteiger partial charge on any atom is 0.416 e. The Morgan fingerprint density at radius 3 is 2.43 bits per heavy atom. The molecule has 0 spiro atoms. The lowest BCUT2D eigenvalue weighted by Gasteiger charge is -2.28. The van der Waals surface area contributed by atoms with E-state index in [0.717, 1.165) is 4.31 Å². The van der Waals surface area contributed by atoms with Gasteiger partial charge in [0.05, 0.1) is 47.4 Å². The zero-order valence-electron chi connectivity index (χ0n) is 19.9. The van der Waals surface area contributed by atoms with E-state index >= 15 is 0 Å². The molecule has 13 heteroatoms. The summed E-state index contributed by atoms with van der Waals surface area (Å²) >= 11 is 0. The van der Waals surface area contributed by atoms with E-state index in [4.69, 9.17) is 9.47 Å². The summed E-state index contributed by atoms with van der Waals surface area (Å²) in [5.74, 6) is 0.380. The van der Waals surface area contributed by atoms with Crippen LogP contribution >= 0.6 is 0 Å². The van der Waals surface area contributed by atoms with Gasteiger partial charge in [-0.15, -0.1) is 0 Å². The van der Waals surface area contributed by atoms with Gasteiger partial charge < -0.3 is 19.7 Å². The first-order chi connectivity index (χ1) is 17.2. The fraction of sp³-hybridized carbons (Fsp3) is 0.417. The van der Waals surface area contributed by atoms with Crippen molar-refractivity contribution in [1.29, 1.82) is 10.5 Å². The van der Waals surface area contributed by atoms with Crippen molar-refractivity contribution in [2.75, 3.05) is 26.3 Å². The fourth-order valence-corrected chi connectivity index (χ4v) is 5.29. The Kier molecular flexibility index (Phi) is 8.05. The van der Waals surface area contributed by atoms with Gasteiger partial charge in [0.15, 0.2) is 11.5 Å². The van der Waals surface area contributed by atoms with E-state index in [-0.39, 0.29) is 29.6 Å². The Balaban J connectivity index is 1.95. The zero-order valence-corrected chi connectivity index (χ0v) is 20.7.